The molecule has 1 aromatic rings. The van der Waals surface area contributed by atoms with Gasteiger partial charge in [-0.25, -0.2) is 0 Å². The van der Waals surface area contributed by atoms with Gasteiger partial charge in [-0.3, -0.25) is 9.59 Å². The number of carbonyl (C=O) groups excluding carboxylic acids is 1. The highest BCUT2D eigenvalue weighted by Gasteiger charge is 2.17. The summed E-state index contributed by atoms with van der Waals surface area (Å²) in [6.45, 7) is 3.49. The number of carbonyl (C=O) groups is 2. The molecular formula is C10H14N2O4S. The van der Waals surface area contributed by atoms with Crippen molar-refractivity contribution in [1.82, 2.24) is 5.16 Å². The fraction of sp³-hybridized carbons (Fsp3) is 0.500. The van der Waals surface area contributed by atoms with Crippen LogP contribution in [0.25, 0.3) is 0 Å². The first kappa shape index (κ1) is 13.6. The number of aryl methyl sites for hydroxylation is 1. The van der Waals surface area contributed by atoms with E-state index >= 15 is 0 Å². The molecule has 1 amide bonds. The second-order valence-corrected chi connectivity index (χ2v) is 4.61. The molecule has 0 saturated heterocycles. The van der Waals surface area contributed by atoms with Crippen molar-refractivity contribution in [3.05, 3.63) is 11.8 Å². The molecule has 0 fully saturated rings. The predicted octanol–water partition coefficient (Wildman–Crippen LogP) is 1.52. The molecule has 1 rings (SSSR count). The zero-order chi connectivity index (χ0) is 12.8. The van der Waals surface area contributed by atoms with Crippen molar-refractivity contribution < 1.29 is 19.2 Å². The van der Waals surface area contributed by atoms with E-state index in [1.165, 1.54) is 0 Å². The number of nitrogens with one attached hydrogen (secondary N) is 1. The lowest BCUT2D eigenvalue weighted by Gasteiger charge is -2.08. The summed E-state index contributed by atoms with van der Waals surface area (Å²) >= 11 is 1.09. The number of carboxylic acids is 1. The molecule has 1 atom stereocenters. The van der Waals surface area contributed by atoms with Crippen molar-refractivity contribution in [3.8, 4) is 0 Å². The van der Waals surface area contributed by atoms with Gasteiger partial charge in [0.05, 0.1) is 5.75 Å². The van der Waals surface area contributed by atoms with Crippen LogP contribution >= 0.6 is 11.8 Å². The Morgan fingerprint density at radius 3 is 2.82 bits per heavy atom. The number of rotatable bonds is 6. The molecule has 1 unspecified atom stereocenters. The first-order valence-corrected chi connectivity index (χ1v) is 6.15. The summed E-state index contributed by atoms with van der Waals surface area (Å²) in [7, 11) is 0. The number of aliphatic carboxylic acids is 1. The lowest BCUT2D eigenvalue weighted by atomic mass is 10.3. The Balaban J connectivity index is 2.37. The molecule has 1 aromatic heterocycles. The minimum atomic E-state index is -0.900. The Labute approximate surface area is 103 Å². The van der Waals surface area contributed by atoms with Crippen LogP contribution in [0, 0.1) is 6.92 Å². The van der Waals surface area contributed by atoms with E-state index in [2.05, 4.69) is 10.5 Å². The average Bonchev–Trinajstić information content (AvgIpc) is 2.64. The lowest BCUT2D eigenvalue weighted by Crippen LogP contribution is -2.20. The molecule has 2 N–H and O–H groups in total. The number of hydrogen-bond donors (Lipinski definition) is 2. The molecule has 94 valence electrons. The highest BCUT2D eigenvalue weighted by molar-refractivity contribution is 8.01. The van der Waals surface area contributed by atoms with Crippen LogP contribution in [0.15, 0.2) is 10.6 Å². The summed E-state index contributed by atoms with van der Waals surface area (Å²) in [6, 6.07) is 1.59. The normalized spacial score (nSPS) is 12.1. The quantitative estimate of drug-likeness (QED) is 0.803. The molecule has 0 bridgehead atoms. The molecule has 17 heavy (non-hydrogen) atoms. The van der Waals surface area contributed by atoms with E-state index in [1.54, 1.807) is 19.9 Å². The standard InChI is InChI=1S/C10H14N2O4S/c1-3-7(10(14)15)17-5-9(13)11-8-4-6(2)16-12-8/h4,7H,3,5H2,1-2H3,(H,14,15)(H,11,12,13). The molecule has 7 heteroatoms. The van der Waals surface area contributed by atoms with Crippen molar-refractivity contribution in [2.24, 2.45) is 0 Å². The minimum absolute atomic E-state index is 0.0801. The maximum absolute atomic E-state index is 11.5. The summed E-state index contributed by atoms with van der Waals surface area (Å²) in [4.78, 5) is 22.2. The Hall–Kier alpha value is -1.50. The monoisotopic (exact) mass is 258 g/mol. The van der Waals surface area contributed by atoms with Crippen molar-refractivity contribution in [2.75, 3.05) is 11.1 Å². The number of amides is 1. The highest BCUT2D eigenvalue weighted by atomic mass is 32.2. The van der Waals surface area contributed by atoms with Crippen LogP contribution in [0.1, 0.15) is 19.1 Å². The van der Waals surface area contributed by atoms with E-state index in [0.717, 1.165) is 11.8 Å². The molecule has 0 saturated carbocycles. The molecule has 1 heterocycles. The van der Waals surface area contributed by atoms with Gasteiger partial charge in [0.1, 0.15) is 11.0 Å². The topological polar surface area (TPSA) is 92.4 Å². The second-order valence-electron chi connectivity index (χ2n) is 3.42. The van der Waals surface area contributed by atoms with Crippen LogP contribution in [0.3, 0.4) is 0 Å². The predicted molar refractivity (Wildman–Crippen MR) is 64.0 cm³/mol. The Morgan fingerprint density at radius 1 is 1.65 bits per heavy atom. The number of anilines is 1. The first-order chi connectivity index (χ1) is 8.02. The summed E-state index contributed by atoms with van der Waals surface area (Å²) in [5.41, 5.74) is 0. The van der Waals surface area contributed by atoms with Gasteiger partial charge in [-0.15, -0.1) is 11.8 Å². The molecule has 0 radical (unpaired) electrons. The van der Waals surface area contributed by atoms with E-state index in [4.69, 9.17) is 9.63 Å². The van der Waals surface area contributed by atoms with Gasteiger partial charge in [0.25, 0.3) is 0 Å². The third-order valence-electron chi connectivity index (χ3n) is 1.96. The molecule has 0 aliphatic heterocycles. The molecule has 0 aromatic carbocycles. The number of nitrogens with zero attached hydrogens (tertiary/aromatic N) is 1. The van der Waals surface area contributed by atoms with Crippen LogP contribution in [0.4, 0.5) is 5.82 Å². The Bertz CT molecular complexity index is 405. The van der Waals surface area contributed by atoms with Gasteiger partial charge in [0.2, 0.25) is 5.91 Å². The van der Waals surface area contributed by atoms with E-state index < -0.39 is 11.2 Å². The average molecular weight is 258 g/mol. The number of aromatic nitrogens is 1. The largest absolute Gasteiger partial charge is 0.480 e. The SMILES string of the molecule is CCC(SCC(=O)Nc1cc(C)on1)C(=O)O. The zero-order valence-electron chi connectivity index (χ0n) is 9.60. The molecule has 0 aliphatic rings. The third kappa shape index (κ3) is 4.48. The molecule has 0 aliphatic carbocycles. The van der Waals surface area contributed by atoms with E-state index in [1.807, 2.05) is 0 Å². The van der Waals surface area contributed by atoms with E-state index in [9.17, 15) is 9.59 Å². The second kappa shape index (κ2) is 6.29. The number of carboxylic acid groups (broad SMARTS) is 1. The van der Waals surface area contributed by atoms with Gasteiger partial charge in [-0.05, 0) is 13.3 Å². The maximum Gasteiger partial charge on any atom is 0.316 e. The number of hydrogen-bond acceptors (Lipinski definition) is 5. The third-order valence-corrected chi connectivity index (χ3v) is 3.32. The van der Waals surface area contributed by atoms with Crippen LogP contribution < -0.4 is 5.32 Å². The van der Waals surface area contributed by atoms with Gasteiger partial charge in [0, 0.05) is 6.07 Å². The minimum Gasteiger partial charge on any atom is -0.480 e. The summed E-state index contributed by atoms with van der Waals surface area (Å²) in [6.07, 6.45) is 0.482. The first-order valence-electron chi connectivity index (χ1n) is 5.10. The molecule has 6 nitrogen and oxygen atoms in total. The van der Waals surface area contributed by atoms with E-state index in [-0.39, 0.29) is 11.7 Å². The van der Waals surface area contributed by atoms with Crippen LogP contribution in [-0.2, 0) is 9.59 Å². The highest BCUT2D eigenvalue weighted by Crippen LogP contribution is 2.15. The van der Waals surface area contributed by atoms with Gasteiger partial charge >= 0.3 is 5.97 Å². The summed E-state index contributed by atoms with van der Waals surface area (Å²) < 4.78 is 4.78. The summed E-state index contributed by atoms with van der Waals surface area (Å²) in [5.74, 6) is -0.163. The van der Waals surface area contributed by atoms with Gasteiger partial charge in [-0.2, -0.15) is 0 Å². The van der Waals surface area contributed by atoms with Gasteiger partial charge in [0.15, 0.2) is 5.82 Å². The van der Waals surface area contributed by atoms with Crippen molar-refractivity contribution >= 4 is 29.5 Å². The van der Waals surface area contributed by atoms with Gasteiger partial charge < -0.3 is 14.9 Å². The Morgan fingerprint density at radius 2 is 2.35 bits per heavy atom. The van der Waals surface area contributed by atoms with Crippen LogP contribution in [0.5, 0.6) is 0 Å². The van der Waals surface area contributed by atoms with Crippen molar-refractivity contribution in [1.29, 1.82) is 0 Å². The van der Waals surface area contributed by atoms with Crippen LogP contribution in [-0.4, -0.2) is 33.1 Å². The van der Waals surface area contributed by atoms with Crippen molar-refractivity contribution in [3.63, 3.8) is 0 Å². The van der Waals surface area contributed by atoms with Gasteiger partial charge in [-0.1, -0.05) is 12.1 Å². The maximum atomic E-state index is 11.5. The zero-order valence-corrected chi connectivity index (χ0v) is 10.4. The lowest BCUT2D eigenvalue weighted by molar-refractivity contribution is -0.136. The molecular weight excluding hydrogens is 244 g/mol. The van der Waals surface area contributed by atoms with E-state index in [0.29, 0.717) is 18.0 Å². The number of thioether (sulfide) groups is 1. The fourth-order valence-electron chi connectivity index (χ4n) is 1.14. The molecule has 0 spiro atoms. The summed E-state index contributed by atoms with van der Waals surface area (Å²) in [5, 5.41) is 14.4. The Kier molecular flexibility index (Phi) is 5.02. The smallest absolute Gasteiger partial charge is 0.316 e. The van der Waals surface area contributed by atoms with Crippen molar-refractivity contribution in [2.45, 2.75) is 25.5 Å². The fourth-order valence-corrected chi connectivity index (χ4v) is 1.95. The van der Waals surface area contributed by atoms with Crippen LogP contribution in [0.2, 0.25) is 0 Å².